The van der Waals surface area contributed by atoms with E-state index < -0.39 is 6.04 Å². The van der Waals surface area contributed by atoms with Crippen molar-refractivity contribution in [2.75, 3.05) is 33.3 Å². The number of ether oxygens (including phenoxy) is 1. The third-order valence-corrected chi connectivity index (χ3v) is 5.91. The third-order valence-electron chi connectivity index (χ3n) is 5.57. The molecule has 2 aromatic heterocycles. The SMILES string of the molecule is COC(=O)[C@@H](c1ccccc1Cl)N1CCN(C(=O)c2cc(C)nc3onc(C)c23)CC1. The molecule has 0 radical (unpaired) electrons. The zero-order valence-electron chi connectivity index (χ0n) is 17.6. The Morgan fingerprint density at radius 3 is 2.55 bits per heavy atom. The zero-order valence-corrected chi connectivity index (χ0v) is 18.3. The number of piperazine rings is 1. The van der Waals surface area contributed by atoms with Gasteiger partial charge in [0.25, 0.3) is 11.6 Å². The Balaban J connectivity index is 1.56. The van der Waals surface area contributed by atoms with Crippen LogP contribution in [0, 0.1) is 13.8 Å². The smallest absolute Gasteiger partial charge is 0.327 e. The number of pyridine rings is 1. The molecule has 1 aliphatic rings. The molecule has 3 heterocycles. The van der Waals surface area contributed by atoms with Crippen molar-refractivity contribution in [3.63, 3.8) is 0 Å². The highest BCUT2D eigenvalue weighted by Gasteiger charge is 2.34. The molecule has 1 fully saturated rings. The normalized spacial score (nSPS) is 15.8. The quantitative estimate of drug-likeness (QED) is 0.573. The van der Waals surface area contributed by atoms with Crippen molar-refractivity contribution >= 4 is 34.6 Å². The lowest BCUT2D eigenvalue weighted by Gasteiger charge is -2.38. The lowest BCUT2D eigenvalue weighted by Crippen LogP contribution is -2.51. The largest absolute Gasteiger partial charge is 0.468 e. The van der Waals surface area contributed by atoms with Crippen molar-refractivity contribution in [3.8, 4) is 0 Å². The molecule has 0 bridgehead atoms. The van der Waals surface area contributed by atoms with E-state index in [2.05, 4.69) is 10.1 Å². The summed E-state index contributed by atoms with van der Waals surface area (Å²) in [4.78, 5) is 34.0. The van der Waals surface area contributed by atoms with Gasteiger partial charge in [-0.05, 0) is 31.5 Å². The number of halogens is 1. The first kappa shape index (κ1) is 21.3. The van der Waals surface area contributed by atoms with Crippen molar-refractivity contribution in [1.82, 2.24) is 19.9 Å². The molecule has 1 aliphatic heterocycles. The van der Waals surface area contributed by atoms with Gasteiger partial charge in [-0.25, -0.2) is 9.78 Å². The minimum absolute atomic E-state index is 0.103. The van der Waals surface area contributed by atoms with Gasteiger partial charge in [-0.1, -0.05) is 35.0 Å². The van der Waals surface area contributed by atoms with Crippen molar-refractivity contribution in [2.24, 2.45) is 0 Å². The molecule has 1 aromatic carbocycles. The highest BCUT2D eigenvalue weighted by molar-refractivity contribution is 6.31. The molecule has 31 heavy (non-hydrogen) atoms. The lowest BCUT2D eigenvalue weighted by molar-refractivity contribution is -0.148. The molecule has 9 heteroatoms. The second kappa shape index (κ2) is 8.64. The number of hydrogen-bond acceptors (Lipinski definition) is 7. The Hall–Kier alpha value is -2.97. The second-order valence-electron chi connectivity index (χ2n) is 7.53. The number of benzene rings is 1. The first-order valence-corrected chi connectivity index (χ1v) is 10.4. The van der Waals surface area contributed by atoms with Gasteiger partial charge in [0.15, 0.2) is 0 Å². The molecule has 0 spiro atoms. The minimum atomic E-state index is -0.619. The van der Waals surface area contributed by atoms with E-state index in [4.69, 9.17) is 20.9 Å². The maximum Gasteiger partial charge on any atom is 0.327 e. The monoisotopic (exact) mass is 442 g/mol. The first-order valence-electron chi connectivity index (χ1n) is 10.00. The zero-order chi connectivity index (χ0) is 22.1. The van der Waals surface area contributed by atoms with Crippen LogP contribution in [0.3, 0.4) is 0 Å². The molecule has 3 aromatic rings. The van der Waals surface area contributed by atoms with E-state index in [1.54, 1.807) is 24.0 Å². The van der Waals surface area contributed by atoms with Gasteiger partial charge in [-0.15, -0.1) is 0 Å². The molecule has 8 nitrogen and oxygen atoms in total. The van der Waals surface area contributed by atoms with Crippen LogP contribution in [0.5, 0.6) is 0 Å². The summed E-state index contributed by atoms with van der Waals surface area (Å²) in [6.45, 7) is 5.55. The molecule has 4 rings (SSSR count). The van der Waals surface area contributed by atoms with Crippen LogP contribution in [0.25, 0.3) is 11.1 Å². The van der Waals surface area contributed by atoms with Gasteiger partial charge in [0.1, 0.15) is 6.04 Å². The minimum Gasteiger partial charge on any atom is -0.468 e. The van der Waals surface area contributed by atoms with Crippen LogP contribution in [0.4, 0.5) is 0 Å². The molecular weight excluding hydrogens is 420 g/mol. The number of fused-ring (bicyclic) bond motifs is 1. The van der Waals surface area contributed by atoms with Crippen molar-refractivity contribution in [2.45, 2.75) is 19.9 Å². The van der Waals surface area contributed by atoms with Gasteiger partial charge in [0.2, 0.25) is 0 Å². The number of nitrogens with zero attached hydrogens (tertiary/aromatic N) is 4. The summed E-state index contributed by atoms with van der Waals surface area (Å²) in [5.41, 5.74) is 2.92. The van der Waals surface area contributed by atoms with Crippen LogP contribution in [0.15, 0.2) is 34.9 Å². The summed E-state index contributed by atoms with van der Waals surface area (Å²) >= 11 is 6.35. The summed E-state index contributed by atoms with van der Waals surface area (Å²) in [7, 11) is 1.37. The third kappa shape index (κ3) is 4.00. The number of aromatic nitrogens is 2. The number of hydrogen-bond donors (Lipinski definition) is 0. The van der Waals surface area contributed by atoms with Gasteiger partial charge in [0, 0.05) is 36.9 Å². The van der Waals surface area contributed by atoms with Crippen LogP contribution < -0.4 is 0 Å². The summed E-state index contributed by atoms with van der Waals surface area (Å²) in [6.07, 6.45) is 0. The average Bonchev–Trinajstić information content (AvgIpc) is 3.15. The Morgan fingerprint density at radius 2 is 1.87 bits per heavy atom. The molecule has 1 atom stereocenters. The van der Waals surface area contributed by atoms with E-state index in [-0.39, 0.29) is 11.9 Å². The van der Waals surface area contributed by atoms with E-state index in [0.29, 0.717) is 64.8 Å². The fraction of sp³-hybridized carbons (Fsp3) is 0.364. The maximum absolute atomic E-state index is 13.3. The van der Waals surface area contributed by atoms with Gasteiger partial charge in [-0.2, -0.15) is 0 Å². The van der Waals surface area contributed by atoms with E-state index in [1.165, 1.54) is 7.11 Å². The standard InChI is InChI=1S/C22H23ClN4O4/c1-13-12-16(18-14(2)25-31-20(18)24-13)21(28)27-10-8-26(9-11-27)19(22(29)30-3)15-6-4-5-7-17(15)23/h4-7,12,19H,8-11H2,1-3H3/t19-/m1/s1. The molecule has 0 unspecified atom stereocenters. The summed E-state index contributed by atoms with van der Waals surface area (Å²) in [6, 6.07) is 8.39. The van der Waals surface area contributed by atoms with Crippen LogP contribution >= 0.6 is 11.6 Å². The molecule has 162 valence electrons. The molecule has 0 saturated carbocycles. The summed E-state index contributed by atoms with van der Waals surface area (Å²) in [5, 5.41) is 5.10. The number of methoxy groups -OCH3 is 1. The number of carbonyl (C=O) groups is 2. The Kier molecular flexibility index (Phi) is 5.93. The van der Waals surface area contributed by atoms with E-state index >= 15 is 0 Å². The van der Waals surface area contributed by atoms with E-state index in [1.807, 2.05) is 30.0 Å². The molecule has 1 amide bonds. The van der Waals surface area contributed by atoms with Crippen LogP contribution in [0.1, 0.15) is 33.4 Å². The highest BCUT2D eigenvalue weighted by Crippen LogP contribution is 2.30. The van der Waals surface area contributed by atoms with Gasteiger partial charge >= 0.3 is 5.97 Å². The Morgan fingerprint density at radius 1 is 1.16 bits per heavy atom. The number of aryl methyl sites for hydroxylation is 2. The second-order valence-corrected chi connectivity index (χ2v) is 7.94. The molecule has 1 saturated heterocycles. The van der Waals surface area contributed by atoms with Gasteiger partial charge in [-0.3, -0.25) is 9.69 Å². The predicted molar refractivity (Wildman–Crippen MR) is 115 cm³/mol. The van der Waals surface area contributed by atoms with Crippen molar-refractivity contribution in [1.29, 1.82) is 0 Å². The van der Waals surface area contributed by atoms with Gasteiger partial charge in [0.05, 0.1) is 23.8 Å². The predicted octanol–water partition coefficient (Wildman–Crippen LogP) is 3.17. The lowest BCUT2D eigenvalue weighted by atomic mass is 10.0. The number of carbonyl (C=O) groups excluding carboxylic acids is 2. The number of amides is 1. The van der Waals surface area contributed by atoms with Gasteiger partial charge < -0.3 is 14.2 Å². The Bertz CT molecular complexity index is 1140. The molecule has 0 aliphatic carbocycles. The van der Waals surface area contributed by atoms with E-state index in [0.717, 1.165) is 0 Å². The summed E-state index contributed by atoms with van der Waals surface area (Å²) in [5.74, 6) is -0.478. The molecule has 0 N–H and O–H groups in total. The van der Waals surface area contributed by atoms with Crippen molar-refractivity contribution in [3.05, 3.63) is 57.9 Å². The fourth-order valence-electron chi connectivity index (χ4n) is 4.02. The van der Waals surface area contributed by atoms with Crippen LogP contribution in [-0.2, 0) is 9.53 Å². The summed E-state index contributed by atoms with van der Waals surface area (Å²) < 4.78 is 10.3. The van der Waals surface area contributed by atoms with E-state index in [9.17, 15) is 9.59 Å². The first-order chi connectivity index (χ1) is 14.9. The average molecular weight is 443 g/mol. The van der Waals surface area contributed by atoms with Crippen LogP contribution in [0.2, 0.25) is 5.02 Å². The topological polar surface area (TPSA) is 88.8 Å². The maximum atomic E-state index is 13.3. The fourth-order valence-corrected chi connectivity index (χ4v) is 4.26. The highest BCUT2D eigenvalue weighted by atomic mass is 35.5. The Labute approximate surface area is 184 Å². The van der Waals surface area contributed by atoms with Crippen molar-refractivity contribution < 1.29 is 18.8 Å². The number of rotatable bonds is 4. The number of esters is 1. The van der Waals surface area contributed by atoms with Crippen LogP contribution in [-0.4, -0.2) is 65.1 Å². The molecular formula is C22H23ClN4O4.